The lowest BCUT2D eigenvalue weighted by Crippen LogP contribution is -2.39. The Labute approximate surface area is 144 Å². The first-order valence-electron chi connectivity index (χ1n) is 8.23. The number of fused-ring (bicyclic) bond motifs is 2. The number of hydrogen-bond donors (Lipinski definition) is 0. The number of carbonyl (C=O) groups excluding carboxylic acids is 1. The van der Waals surface area contributed by atoms with Gasteiger partial charge >= 0.3 is 0 Å². The van der Waals surface area contributed by atoms with Crippen molar-refractivity contribution in [3.63, 3.8) is 0 Å². The van der Waals surface area contributed by atoms with Crippen molar-refractivity contribution in [2.45, 2.75) is 13.0 Å². The molecule has 124 valence electrons. The average molecular weight is 331 g/mol. The normalized spacial score (nSPS) is 14.0. The van der Waals surface area contributed by atoms with Gasteiger partial charge < -0.3 is 4.90 Å². The van der Waals surface area contributed by atoms with Gasteiger partial charge in [-0.3, -0.25) is 14.0 Å². The van der Waals surface area contributed by atoms with Crippen LogP contribution in [-0.2, 0) is 17.8 Å². The number of hydrogen-bond acceptors (Lipinski definition) is 3. The standard InChI is InChI=1S/C20H17N3O2/c24-19(10-9-15-6-2-1-3-7-15)22-13-11-17-16(14-22)20(25)23-12-5-4-8-18(23)21-17/h1-10,12H,11,13-14H2/b10-9+. The van der Waals surface area contributed by atoms with Crippen molar-refractivity contribution >= 4 is 17.6 Å². The Morgan fingerprint density at radius 2 is 1.88 bits per heavy atom. The van der Waals surface area contributed by atoms with Gasteiger partial charge in [0.25, 0.3) is 5.56 Å². The maximum absolute atomic E-state index is 12.7. The maximum atomic E-state index is 12.7. The second-order valence-corrected chi connectivity index (χ2v) is 6.02. The van der Waals surface area contributed by atoms with Crippen molar-refractivity contribution in [3.05, 3.63) is 88.0 Å². The van der Waals surface area contributed by atoms with Gasteiger partial charge in [0, 0.05) is 25.2 Å². The molecule has 1 aliphatic rings. The van der Waals surface area contributed by atoms with Crippen LogP contribution in [0.3, 0.4) is 0 Å². The fraction of sp³-hybridized carbons (Fsp3) is 0.150. The van der Waals surface area contributed by atoms with Crippen LogP contribution in [0.25, 0.3) is 11.7 Å². The predicted octanol–water partition coefficient (Wildman–Crippen LogP) is 2.29. The number of rotatable bonds is 2. The van der Waals surface area contributed by atoms with E-state index in [0.29, 0.717) is 30.7 Å². The van der Waals surface area contributed by atoms with Crippen LogP contribution in [0.15, 0.2) is 65.6 Å². The van der Waals surface area contributed by atoms with E-state index in [1.807, 2.05) is 42.5 Å². The smallest absolute Gasteiger partial charge is 0.263 e. The van der Waals surface area contributed by atoms with E-state index in [1.54, 1.807) is 29.3 Å². The second kappa shape index (κ2) is 6.36. The fourth-order valence-corrected chi connectivity index (χ4v) is 3.07. The molecule has 4 rings (SSSR count). The van der Waals surface area contributed by atoms with Crippen LogP contribution < -0.4 is 5.56 Å². The Morgan fingerprint density at radius 1 is 1.08 bits per heavy atom. The van der Waals surface area contributed by atoms with Crippen molar-refractivity contribution in [2.75, 3.05) is 6.54 Å². The zero-order chi connectivity index (χ0) is 17.2. The van der Waals surface area contributed by atoms with Crippen LogP contribution in [0.1, 0.15) is 16.8 Å². The number of amides is 1. The molecule has 5 heteroatoms. The highest BCUT2D eigenvalue weighted by molar-refractivity contribution is 5.91. The molecule has 0 unspecified atom stereocenters. The van der Waals surface area contributed by atoms with E-state index in [9.17, 15) is 9.59 Å². The average Bonchev–Trinajstić information content (AvgIpc) is 2.67. The van der Waals surface area contributed by atoms with Gasteiger partial charge in [-0.25, -0.2) is 4.98 Å². The SMILES string of the molecule is O=C(/C=C/c1ccccc1)N1CCc2nc3ccccn3c(=O)c2C1. The Kier molecular flexibility index (Phi) is 3.90. The molecule has 0 saturated heterocycles. The first kappa shape index (κ1) is 15.3. The zero-order valence-corrected chi connectivity index (χ0v) is 13.6. The largest absolute Gasteiger partial charge is 0.334 e. The quantitative estimate of drug-likeness (QED) is 0.677. The van der Waals surface area contributed by atoms with Gasteiger partial charge in [0.05, 0.1) is 17.8 Å². The number of aromatic nitrogens is 2. The fourth-order valence-electron chi connectivity index (χ4n) is 3.07. The van der Waals surface area contributed by atoms with E-state index >= 15 is 0 Å². The Balaban J connectivity index is 1.60. The minimum absolute atomic E-state index is 0.0907. The molecular weight excluding hydrogens is 314 g/mol. The van der Waals surface area contributed by atoms with Crippen LogP contribution in [-0.4, -0.2) is 26.7 Å². The molecule has 3 heterocycles. The number of carbonyl (C=O) groups is 1. The van der Waals surface area contributed by atoms with Crippen molar-refractivity contribution in [1.82, 2.24) is 14.3 Å². The highest BCUT2D eigenvalue weighted by atomic mass is 16.2. The molecule has 0 fully saturated rings. The molecule has 1 aliphatic heterocycles. The summed E-state index contributed by atoms with van der Waals surface area (Å²) in [7, 11) is 0. The molecule has 0 radical (unpaired) electrons. The van der Waals surface area contributed by atoms with E-state index in [2.05, 4.69) is 4.98 Å². The van der Waals surface area contributed by atoms with E-state index < -0.39 is 0 Å². The van der Waals surface area contributed by atoms with Crippen LogP contribution in [0.2, 0.25) is 0 Å². The number of nitrogens with zero attached hydrogens (tertiary/aromatic N) is 3. The second-order valence-electron chi connectivity index (χ2n) is 6.02. The monoisotopic (exact) mass is 331 g/mol. The molecule has 0 bridgehead atoms. The van der Waals surface area contributed by atoms with Crippen molar-refractivity contribution in [1.29, 1.82) is 0 Å². The molecule has 2 aromatic heterocycles. The maximum Gasteiger partial charge on any atom is 0.263 e. The Bertz CT molecular complexity index is 1020. The third-order valence-corrected chi connectivity index (χ3v) is 4.41. The summed E-state index contributed by atoms with van der Waals surface area (Å²) in [4.78, 5) is 31.4. The van der Waals surface area contributed by atoms with Crippen LogP contribution >= 0.6 is 0 Å². The Morgan fingerprint density at radius 3 is 2.72 bits per heavy atom. The van der Waals surface area contributed by atoms with Gasteiger partial charge in [-0.1, -0.05) is 36.4 Å². The lowest BCUT2D eigenvalue weighted by atomic mass is 10.1. The van der Waals surface area contributed by atoms with Crippen LogP contribution in [0.5, 0.6) is 0 Å². The van der Waals surface area contributed by atoms with Crippen molar-refractivity contribution in [2.24, 2.45) is 0 Å². The molecule has 0 spiro atoms. The summed E-state index contributed by atoms with van der Waals surface area (Å²) in [5.41, 5.74) is 2.94. The summed E-state index contributed by atoms with van der Waals surface area (Å²) in [6, 6.07) is 15.2. The lowest BCUT2D eigenvalue weighted by Gasteiger charge is -2.27. The van der Waals surface area contributed by atoms with E-state index in [-0.39, 0.29) is 11.5 Å². The summed E-state index contributed by atoms with van der Waals surface area (Å²) >= 11 is 0. The third-order valence-electron chi connectivity index (χ3n) is 4.41. The van der Waals surface area contributed by atoms with Gasteiger partial charge in [0.1, 0.15) is 5.65 Å². The molecule has 1 amide bonds. The van der Waals surface area contributed by atoms with Crippen LogP contribution in [0.4, 0.5) is 0 Å². The van der Waals surface area contributed by atoms with Gasteiger partial charge in [0.15, 0.2) is 0 Å². The molecule has 0 aliphatic carbocycles. The van der Waals surface area contributed by atoms with Gasteiger partial charge in [-0.05, 0) is 23.8 Å². The first-order chi connectivity index (χ1) is 12.2. The highest BCUT2D eigenvalue weighted by Gasteiger charge is 2.23. The minimum atomic E-state index is -0.0925. The van der Waals surface area contributed by atoms with Crippen LogP contribution in [0, 0.1) is 0 Å². The topological polar surface area (TPSA) is 54.7 Å². The molecule has 0 N–H and O–H groups in total. The molecule has 25 heavy (non-hydrogen) atoms. The van der Waals surface area contributed by atoms with Crippen molar-refractivity contribution < 1.29 is 4.79 Å². The zero-order valence-electron chi connectivity index (χ0n) is 13.6. The lowest BCUT2D eigenvalue weighted by molar-refractivity contribution is -0.126. The van der Waals surface area contributed by atoms with E-state index in [0.717, 1.165) is 11.3 Å². The first-order valence-corrected chi connectivity index (χ1v) is 8.23. The molecule has 1 aromatic carbocycles. The summed E-state index contributed by atoms with van der Waals surface area (Å²) in [6.45, 7) is 0.872. The van der Waals surface area contributed by atoms with Gasteiger partial charge in [-0.2, -0.15) is 0 Å². The summed E-state index contributed by atoms with van der Waals surface area (Å²) in [5.74, 6) is -0.0907. The Hall–Kier alpha value is -3.21. The molecule has 3 aromatic rings. The molecule has 0 atom stereocenters. The third kappa shape index (κ3) is 2.96. The summed E-state index contributed by atoms with van der Waals surface area (Å²) in [6.07, 6.45) is 5.66. The summed E-state index contributed by atoms with van der Waals surface area (Å²) in [5, 5.41) is 0. The predicted molar refractivity (Wildman–Crippen MR) is 96.1 cm³/mol. The molecular formula is C20H17N3O2. The van der Waals surface area contributed by atoms with Gasteiger partial charge in [-0.15, -0.1) is 0 Å². The number of benzene rings is 1. The minimum Gasteiger partial charge on any atom is -0.334 e. The molecule has 5 nitrogen and oxygen atoms in total. The number of pyridine rings is 1. The van der Waals surface area contributed by atoms with E-state index in [4.69, 9.17) is 0 Å². The van der Waals surface area contributed by atoms with Gasteiger partial charge in [0.2, 0.25) is 5.91 Å². The van der Waals surface area contributed by atoms with E-state index in [1.165, 1.54) is 4.40 Å². The molecule has 0 saturated carbocycles. The van der Waals surface area contributed by atoms with Crippen molar-refractivity contribution in [3.8, 4) is 0 Å². The summed E-state index contributed by atoms with van der Waals surface area (Å²) < 4.78 is 1.53. The highest BCUT2D eigenvalue weighted by Crippen LogP contribution is 2.15.